The van der Waals surface area contributed by atoms with Gasteiger partial charge in [0.2, 0.25) is 0 Å². The van der Waals surface area contributed by atoms with Crippen molar-refractivity contribution in [1.82, 2.24) is 14.8 Å². The second-order valence-electron chi connectivity index (χ2n) is 5.63. The van der Waals surface area contributed by atoms with E-state index in [9.17, 15) is 14.4 Å². The van der Waals surface area contributed by atoms with E-state index in [2.05, 4.69) is 15.4 Å². The lowest BCUT2D eigenvalue weighted by Crippen LogP contribution is -2.28. The Morgan fingerprint density at radius 3 is 2.61 bits per heavy atom. The highest BCUT2D eigenvalue weighted by Gasteiger charge is 2.19. The van der Waals surface area contributed by atoms with Crippen molar-refractivity contribution in [3.63, 3.8) is 0 Å². The number of fused-ring (bicyclic) bond motifs is 1. The van der Waals surface area contributed by atoms with Crippen LogP contribution < -0.4 is 10.9 Å². The number of aliphatic hydroxyl groups excluding tert-OH is 1. The number of aliphatic hydroxyl groups is 1. The third-order valence-corrected chi connectivity index (χ3v) is 3.93. The van der Waals surface area contributed by atoms with E-state index in [0.29, 0.717) is 10.4 Å². The van der Waals surface area contributed by atoms with E-state index < -0.39 is 24.0 Å². The lowest BCUT2D eigenvalue weighted by atomic mass is 10.1. The van der Waals surface area contributed by atoms with Crippen LogP contribution in [0.4, 0.5) is 5.82 Å². The summed E-state index contributed by atoms with van der Waals surface area (Å²) in [5.41, 5.74) is -0.561. The normalized spacial score (nSPS) is 10.6. The molecule has 28 heavy (non-hydrogen) atoms. The van der Waals surface area contributed by atoms with E-state index in [1.54, 1.807) is 30.3 Å². The number of rotatable bonds is 6. The van der Waals surface area contributed by atoms with E-state index in [0.717, 1.165) is 4.68 Å². The number of carbonyl (C=O) groups excluding carboxylic acids is 2. The van der Waals surface area contributed by atoms with Gasteiger partial charge in [0.15, 0.2) is 12.3 Å². The van der Waals surface area contributed by atoms with Crippen molar-refractivity contribution in [2.75, 3.05) is 18.5 Å². The van der Waals surface area contributed by atoms with Gasteiger partial charge in [-0.3, -0.25) is 9.59 Å². The minimum Gasteiger partial charge on any atom is -0.451 e. The number of anilines is 1. The molecule has 0 radical (unpaired) electrons. The minimum atomic E-state index is -0.873. The number of aromatic nitrogens is 3. The molecule has 1 aromatic carbocycles. The first-order valence-electron chi connectivity index (χ1n) is 8.19. The van der Waals surface area contributed by atoms with Crippen LogP contribution in [0.2, 0.25) is 5.02 Å². The number of carbonyl (C=O) groups is 2. The van der Waals surface area contributed by atoms with Gasteiger partial charge in [0.05, 0.1) is 23.6 Å². The van der Waals surface area contributed by atoms with Gasteiger partial charge in [-0.2, -0.15) is 5.10 Å². The third kappa shape index (κ3) is 4.33. The Morgan fingerprint density at radius 1 is 1.18 bits per heavy atom. The second-order valence-corrected chi connectivity index (χ2v) is 6.07. The molecule has 0 atom stereocenters. The molecule has 144 valence electrons. The summed E-state index contributed by atoms with van der Waals surface area (Å²) in [5, 5.41) is 16.5. The number of amides is 1. The molecule has 0 aliphatic rings. The van der Waals surface area contributed by atoms with Gasteiger partial charge in [-0.1, -0.05) is 29.8 Å². The molecule has 3 aromatic rings. The molecule has 3 rings (SSSR count). The lowest BCUT2D eigenvalue weighted by Gasteiger charge is -2.10. The molecular weight excluding hydrogens is 388 g/mol. The van der Waals surface area contributed by atoms with Crippen LogP contribution in [0.15, 0.2) is 47.4 Å². The van der Waals surface area contributed by atoms with Crippen molar-refractivity contribution in [1.29, 1.82) is 0 Å². The fourth-order valence-corrected chi connectivity index (χ4v) is 2.57. The molecule has 2 heterocycles. The smallest absolute Gasteiger partial charge is 0.359 e. The van der Waals surface area contributed by atoms with Gasteiger partial charge >= 0.3 is 5.97 Å². The summed E-state index contributed by atoms with van der Waals surface area (Å²) in [6.07, 6.45) is 1.36. The maximum absolute atomic E-state index is 12.5. The molecule has 2 N–H and O–H groups in total. The van der Waals surface area contributed by atoms with Crippen molar-refractivity contribution in [2.24, 2.45) is 0 Å². The molecule has 0 bridgehead atoms. The molecule has 0 aliphatic carbocycles. The first kappa shape index (κ1) is 19.5. The van der Waals surface area contributed by atoms with Crippen LogP contribution in [-0.4, -0.2) is 45.0 Å². The molecule has 1 amide bonds. The minimum absolute atomic E-state index is 0.0767. The lowest BCUT2D eigenvalue weighted by molar-refractivity contribution is -0.119. The number of esters is 1. The Kier molecular flexibility index (Phi) is 5.97. The van der Waals surface area contributed by atoms with Crippen LogP contribution >= 0.6 is 11.6 Å². The zero-order valence-corrected chi connectivity index (χ0v) is 15.2. The van der Waals surface area contributed by atoms with Crippen LogP contribution in [0.3, 0.4) is 0 Å². The highest BCUT2D eigenvalue weighted by atomic mass is 35.5. The van der Waals surface area contributed by atoms with Crippen molar-refractivity contribution >= 4 is 40.1 Å². The number of nitrogens with one attached hydrogen (secondary N) is 1. The zero-order chi connectivity index (χ0) is 20.1. The van der Waals surface area contributed by atoms with Gasteiger partial charge in [0.1, 0.15) is 5.82 Å². The Labute approximate surface area is 163 Å². The summed E-state index contributed by atoms with van der Waals surface area (Å²) in [7, 11) is 0. The monoisotopic (exact) mass is 402 g/mol. The van der Waals surface area contributed by atoms with E-state index >= 15 is 0 Å². The summed E-state index contributed by atoms with van der Waals surface area (Å²) in [5.74, 6) is -1.22. The standard InChI is InChI=1S/C18H15ClN4O5/c19-11-5-6-14(20-9-11)21-15(25)10-28-18(27)16-12-3-1-2-4-13(12)17(26)23(22-16)7-8-24/h1-6,9,24H,7-8,10H2,(H,20,21,25). The van der Waals surface area contributed by atoms with Crippen molar-refractivity contribution in [2.45, 2.75) is 6.54 Å². The maximum atomic E-state index is 12.5. The molecule has 2 aromatic heterocycles. The molecular formula is C18H15ClN4O5. The molecule has 0 unspecified atom stereocenters. The van der Waals surface area contributed by atoms with E-state index in [-0.39, 0.29) is 30.0 Å². The van der Waals surface area contributed by atoms with E-state index in [1.165, 1.54) is 12.3 Å². The van der Waals surface area contributed by atoms with Crippen LogP contribution in [-0.2, 0) is 16.1 Å². The number of nitrogens with zero attached hydrogens (tertiary/aromatic N) is 3. The number of benzene rings is 1. The summed E-state index contributed by atoms with van der Waals surface area (Å²) in [4.78, 5) is 40.7. The number of halogens is 1. The average molecular weight is 403 g/mol. The number of hydrogen-bond acceptors (Lipinski definition) is 7. The molecule has 0 aliphatic heterocycles. The molecule has 0 saturated heterocycles. The quantitative estimate of drug-likeness (QED) is 0.594. The van der Waals surface area contributed by atoms with Crippen LogP contribution in [0.5, 0.6) is 0 Å². The Bertz CT molecular complexity index is 1080. The third-order valence-electron chi connectivity index (χ3n) is 3.70. The van der Waals surface area contributed by atoms with Gasteiger partial charge < -0.3 is 15.2 Å². The van der Waals surface area contributed by atoms with Gasteiger partial charge in [-0.15, -0.1) is 0 Å². The molecule has 9 nitrogen and oxygen atoms in total. The van der Waals surface area contributed by atoms with Crippen LogP contribution in [0.25, 0.3) is 10.8 Å². The Balaban J connectivity index is 1.77. The van der Waals surface area contributed by atoms with Crippen molar-refractivity contribution < 1.29 is 19.4 Å². The largest absolute Gasteiger partial charge is 0.451 e. The summed E-state index contributed by atoms with van der Waals surface area (Å²) in [6.45, 7) is -0.971. The van der Waals surface area contributed by atoms with Crippen LogP contribution in [0, 0.1) is 0 Å². The number of hydrogen-bond donors (Lipinski definition) is 2. The fraction of sp³-hybridized carbons (Fsp3) is 0.167. The van der Waals surface area contributed by atoms with Crippen molar-refractivity contribution in [3.05, 3.63) is 63.7 Å². The van der Waals surface area contributed by atoms with Gasteiger partial charge in [-0.05, 0) is 18.2 Å². The Hall–Kier alpha value is -3.30. The zero-order valence-electron chi connectivity index (χ0n) is 14.5. The molecule has 0 spiro atoms. The summed E-state index contributed by atoms with van der Waals surface area (Å²) >= 11 is 5.72. The predicted octanol–water partition coefficient (Wildman–Crippen LogP) is 1.23. The summed E-state index contributed by atoms with van der Waals surface area (Å²) < 4.78 is 6.00. The van der Waals surface area contributed by atoms with Gasteiger partial charge in [0.25, 0.3) is 11.5 Å². The number of ether oxygens (including phenoxy) is 1. The van der Waals surface area contributed by atoms with Crippen molar-refractivity contribution in [3.8, 4) is 0 Å². The Morgan fingerprint density at radius 2 is 1.93 bits per heavy atom. The highest BCUT2D eigenvalue weighted by Crippen LogP contribution is 2.14. The van der Waals surface area contributed by atoms with Gasteiger partial charge in [0, 0.05) is 11.6 Å². The van der Waals surface area contributed by atoms with Gasteiger partial charge in [-0.25, -0.2) is 14.5 Å². The first-order valence-corrected chi connectivity index (χ1v) is 8.56. The SMILES string of the molecule is O=C(COC(=O)c1nn(CCO)c(=O)c2ccccc12)Nc1ccc(Cl)cn1. The second kappa shape index (κ2) is 8.59. The maximum Gasteiger partial charge on any atom is 0.359 e. The van der Waals surface area contributed by atoms with E-state index in [1.807, 2.05) is 0 Å². The van der Waals surface area contributed by atoms with Crippen LogP contribution in [0.1, 0.15) is 10.5 Å². The fourth-order valence-electron chi connectivity index (χ4n) is 2.46. The number of pyridine rings is 1. The topological polar surface area (TPSA) is 123 Å². The molecule has 0 saturated carbocycles. The first-order chi connectivity index (χ1) is 13.5. The summed E-state index contributed by atoms with van der Waals surface area (Å²) in [6, 6.07) is 9.45. The highest BCUT2D eigenvalue weighted by molar-refractivity contribution is 6.30. The predicted molar refractivity (Wildman–Crippen MR) is 101 cm³/mol. The molecule has 10 heteroatoms. The molecule has 0 fully saturated rings. The average Bonchev–Trinajstić information content (AvgIpc) is 2.70. The van der Waals surface area contributed by atoms with E-state index in [4.69, 9.17) is 21.4 Å².